The number of halogens is 1. The maximum absolute atomic E-state index is 12.9. The van der Waals surface area contributed by atoms with Crippen molar-refractivity contribution in [3.63, 3.8) is 0 Å². The number of hydrogen-bond donors (Lipinski definition) is 2. The predicted octanol–water partition coefficient (Wildman–Crippen LogP) is 2.64. The number of nitrogens with two attached hydrogens (primary N) is 1. The van der Waals surface area contributed by atoms with Gasteiger partial charge in [-0.3, -0.25) is 9.69 Å². The first kappa shape index (κ1) is 22.3. The molecule has 1 saturated heterocycles. The SMILES string of the molecule is COC[C@@H]1CN(Cc2ccc3c(N)ncnc3c2)CCN1C(=O)CNc1cccc(Cl)c1. The summed E-state index contributed by atoms with van der Waals surface area (Å²) < 4.78 is 5.42. The van der Waals surface area contributed by atoms with Crippen molar-refractivity contribution < 1.29 is 9.53 Å². The van der Waals surface area contributed by atoms with E-state index in [1.165, 1.54) is 6.33 Å². The monoisotopic (exact) mass is 454 g/mol. The van der Waals surface area contributed by atoms with E-state index in [1.54, 1.807) is 13.2 Å². The molecule has 0 aliphatic carbocycles. The van der Waals surface area contributed by atoms with Crippen LogP contribution in [0.1, 0.15) is 5.56 Å². The fourth-order valence-corrected chi connectivity index (χ4v) is 4.27. The quantitative estimate of drug-likeness (QED) is 0.566. The number of rotatable bonds is 7. The maximum atomic E-state index is 12.9. The van der Waals surface area contributed by atoms with Crippen molar-refractivity contribution in [3.05, 3.63) is 59.4 Å². The van der Waals surface area contributed by atoms with Gasteiger partial charge in [0.2, 0.25) is 5.91 Å². The van der Waals surface area contributed by atoms with Crippen LogP contribution in [0.15, 0.2) is 48.8 Å². The number of hydrogen-bond acceptors (Lipinski definition) is 7. The highest BCUT2D eigenvalue weighted by Gasteiger charge is 2.30. The van der Waals surface area contributed by atoms with Crippen molar-refractivity contribution in [2.45, 2.75) is 12.6 Å². The average Bonchev–Trinajstić information content (AvgIpc) is 2.78. The topological polar surface area (TPSA) is 96.6 Å². The molecule has 0 spiro atoms. The molecule has 1 aliphatic rings. The third-order valence-electron chi connectivity index (χ3n) is 5.65. The summed E-state index contributed by atoms with van der Waals surface area (Å²) in [7, 11) is 1.67. The number of nitrogen functional groups attached to an aromatic ring is 1. The van der Waals surface area contributed by atoms with E-state index >= 15 is 0 Å². The van der Waals surface area contributed by atoms with E-state index in [4.69, 9.17) is 22.1 Å². The molecule has 2 heterocycles. The molecule has 2 aromatic carbocycles. The number of anilines is 2. The number of benzene rings is 2. The minimum Gasteiger partial charge on any atom is -0.383 e. The molecular weight excluding hydrogens is 428 g/mol. The van der Waals surface area contributed by atoms with Gasteiger partial charge in [0.15, 0.2) is 0 Å². The highest BCUT2D eigenvalue weighted by Crippen LogP contribution is 2.21. The van der Waals surface area contributed by atoms with Gasteiger partial charge in [0.05, 0.1) is 24.7 Å². The van der Waals surface area contributed by atoms with Gasteiger partial charge < -0.3 is 20.7 Å². The largest absolute Gasteiger partial charge is 0.383 e. The van der Waals surface area contributed by atoms with Crippen LogP contribution in [0.25, 0.3) is 10.9 Å². The maximum Gasteiger partial charge on any atom is 0.242 e. The number of carbonyl (C=O) groups is 1. The zero-order chi connectivity index (χ0) is 22.5. The van der Waals surface area contributed by atoms with E-state index < -0.39 is 0 Å². The van der Waals surface area contributed by atoms with Crippen molar-refractivity contribution in [3.8, 4) is 0 Å². The molecular formula is C23H27ClN6O2. The van der Waals surface area contributed by atoms with E-state index in [0.29, 0.717) is 24.0 Å². The van der Waals surface area contributed by atoms with Crippen LogP contribution in [-0.4, -0.2) is 71.6 Å². The van der Waals surface area contributed by atoms with E-state index in [9.17, 15) is 4.79 Å². The number of fused-ring (bicyclic) bond motifs is 1. The lowest BCUT2D eigenvalue weighted by Gasteiger charge is -2.41. The summed E-state index contributed by atoms with van der Waals surface area (Å²) in [5.41, 5.74) is 8.74. The molecule has 1 aromatic heterocycles. The second-order valence-electron chi connectivity index (χ2n) is 7.91. The van der Waals surface area contributed by atoms with Gasteiger partial charge in [0.25, 0.3) is 0 Å². The third-order valence-corrected chi connectivity index (χ3v) is 5.89. The van der Waals surface area contributed by atoms with Crippen molar-refractivity contribution in [2.75, 3.05) is 50.9 Å². The second kappa shape index (κ2) is 10.1. The molecule has 1 amide bonds. The van der Waals surface area contributed by atoms with Gasteiger partial charge in [-0.2, -0.15) is 0 Å². The summed E-state index contributed by atoms with van der Waals surface area (Å²) in [4.78, 5) is 25.5. The van der Waals surface area contributed by atoms with E-state index in [0.717, 1.165) is 41.8 Å². The van der Waals surface area contributed by atoms with Gasteiger partial charge in [0.1, 0.15) is 12.1 Å². The van der Waals surface area contributed by atoms with Crippen LogP contribution in [0, 0.1) is 0 Å². The summed E-state index contributed by atoms with van der Waals surface area (Å²) in [6, 6.07) is 13.4. The number of methoxy groups -OCH3 is 1. The normalized spacial score (nSPS) is 16.9. The number of carbonyl (C=O) groups excluding carboxylic acids is 1. The van der Waals surface area contributed by atoms with Gasteiger partial charge >= 0.3 is 0 Å². The number of nitrogens with zero attached hydrogens (tertiary/aromatic N) is 4. The lowest BCUT2D eigenvalue weighted by Crippen LogP contribution is -2.57. The molecule has 0 unspecified atom stereocenters. The standard InChI is InChI=1S/C23H27ClN6O2/c1-32-14-19-13-29(12-16-5-6-20-21(9-16)27-15-28-23(20)25)7-8-30(19)22(31)11-26-18-4-2-3-17(24)10-18/h2-6,9-10,15,19,26H,7-8,11-14H2,1H3,(H2,25,27,28)/t19-/m0/s1. The van der Waals surface area contributed by atoms with Crippen molar-refractivity contribution in [2.24, 2.45) is 0 Å². The van der Waals surface area contributed by atoms with E-state index in [1.807, 2.05) is 35.2 Å². The Morgan fingerprint density at radius 2 is 2.12 bits per heavy atom. The fourth-order valence-electron chi connectivity index (χ4n) is 4.08. The van der Waals surface area contributed by atoms with Gasteiger partial charge in [-0.05, 0) is 35.9 Å². The van der Waals surface area contributed by atoms with Crippen molar-refractivity contribution >= 4 is 39.9 Å². The lowest BCUT2D eigenvalue weighted by atomic mass is 10.1. The molecule has 9 heteroatoms. The van der Waals surface area contributed by atoms with Crippen LogP contribution >= 0.6 is 11.6 Å². The first-order chi connectivity index (χ1) is 15.5. The first-order valence-electron chi connectivity index (χ1n) is 10.5. The molecule has 8 nitrogen and oxygen atoms in total. The third kappa shape index (κ3) is 5.27. The number of amides is 1. The Morgan fingerprint density at radius 3 is 2.94 bits per heavy atom. The van der Waals surface area contributed by atoms with Crippen molar-refractivity contribution in [1.82, 2.24) is 19.8 Å². The highest BCUT2D eigenvalue weighted by atomic mass is 35.5. The second-order valence-corrected chi connectivity index (χ2v) is 8.34. The highest BCUT2D eigenvalue weighted by molar-refractivity contribution is 6.30. The van der Waals surface area contributed by atoms with Crippen LogP contribution in [0.5, 0.6) is 0 Å². The summed E-state index contributed by atoms with van der Waals surface area (Å²) in [6.07, 6.45) is 1.48. The molecule has 168 valence electrons. The summed E-state index contributed by atoms with van der Waals surface area (Å²) in [6.45, 7) is 3.64. The van der Waals surface area contributed by atoms with Crippen LogP contribution in [0.2, 0.25) is 5.02 Å². The molecule has 0 radical (unpaired) electrons. The Labute approximate surface area is 192 Å². The molecule has 3 aromatic rings. The summed E-state index contributed by atoms with van der Waals surface area (Å²) >= 11 is 6.03. The Balaban J connectivity index is 1.38. The smallest absolute Gasteiger partial charge is 0.242 e. The molecule has 4 rings (SSSR count). The molecule has 1 atom stereocenters. The van der Waals surface area contributed by atoms with Gasteiger partial charge in [-0.15, -0.1) is 0 Å². The molecule has 0 bridgehead atoms. The molecule has 0 saturated carbocycles. The lowest BCUT2D eigenvalue weighted by molar-refractivity contribution is -0.135. The van der Waals surface area contributed by atoms with Gasteiger partial charge in [-0.1, -0.05) is 23.7 Å². The molecule has 32 heavy (non-hydrogen) atoms. The van der Waals surface area contributed by atoms with Crippen molar-refractivity contribution in [1.29, 1.82) is 0 Å². The number of piperazine rings is 1. The predicted molar refractivity (Wildman–Crippen MR) is 127 cm³/mol. The van der Waals surface area contributed by atoms with Gasteiger partial charge in [-0.25, -0.2) is 9.97 Å². The molecule has 1 fully saturated rings. The van der Waals surface area contributed by atoms with E-state index in [2.05, 4.69) is 26.3 Å². The summed E-state index contributed by atoms with van der Waals surface area (Å²) in [5.74, 6) is 0.532. The minimum absolute atomic E-state index is 0.0131. The first-order valence-corrected chi connectivity index (χ1v) is 10.9. The Morgan fingerprint density at radius 1 is 1.25 bits per heavy atom. The van der Waals surface area contributed by atoms with Crippen LogP contribution in [0.3, 0.4) is 0 Å². The Hall–Kier alpha value is -2.94. The summed E-state index contributed by atoms with van der Waals surface area (Å²) in [5, 5.41) is 4.66. The van der Waals surface area contributed by atoms with Crippen LogP contribution < -0.4 is 11.1 Å². The van der Waals surface area contributed by atoms with Crippen LogP contribution in [0.4, 0.5) is 11.5 Å². The molecule has 1 aliphatic heterocycles. The molecule has 3 N–H and O–H groups in total. The number of aromatic nitrogens is 2. The van der Waals surface area contributed by atoms with Gasteiger partial charge in [0, 0.05) is 49.4 Å². The van der Waals surface area contributed by atoms with E-state index in [-0.39, 0.29) is 18.5 Å². The Kier molecular flexibility index (Phi) is 7.04. The minimum atomic E-state index is -0.0131. The fraction of sp³-hybridized carbons (Fsp3) is 0.348. The Bertz CT molecular complexity index is 1100. The number of nitrogens with one attached hydrogen (secondary N) is 1. The number of ether oxygens (including phenoxy) is 1. The van der Waals surface area contributed by atoms with Crippen LogP contribution in [-0.2, 0) is 16.1 Å². The average molecular weight is 455 g/mol. The zero-order valence-electron chi connectivity index (χ0n) is 18.0. The zero-order valence-corrected chi connectivity index (χ0v) is 18.8.